The number of nitrogens with zero attached hydrogens (tertiary/aromatic N) is 1. The van der Waals surface area contributed by atoms with Crippen molar-refractivity contribution in [1.82, 2.24) is 4.98 Å². The minimum absolute atomic E-state index is 0.0925. The molecule has 2 heterocycles. The molecule has 102 valence electrons. The van der Waals surface area contributed by atoms with E-state index in [2.05, 4.69) is 16.4 Å². The van der Waals surface area contributed by atoms with E-state index >= 15 is 0 Å². The van der Waals surface area contributed by atoms with Crippen molar-refractivity contribution in [3.63, 3.8) is 0 Å². The Kier molecular flexibility index (Phi) is 3.48. The van der Waals surface area contributed by atoms with Crippen molar-refractivity contribution in [2.45, 2.75) is 25.3 Å². The number of benzene rings is 1. The summed E-state index contributed by atoms with van der Waals surface area (Å²) in [4.78, 5) is 15.6. The van der Waals surface area contributed by atoms with Crippen LogP contribution in [0.1, 0.15) is 35.6 Å². The number of aryl methyl sites for hydroxylation is 1. The quantitative estimate of drug-likeness (QED) is 0.878. The molecule has 4 nitrogen and oxygen atoms in total. The maximum Gasteiger partial charge on any atom is 0.224 e. The number of carbonyl (C=O) groups is 1. The Morgan fingerprint density at radius 1 is 1.10 bits per heavy atom. The van der Waals surface area contributed by atoms with Crippen LogP contribution in [0.2, 0.25) is 0 Å². The number of aromatic nitrogens is 1. The molecule has 1 aromatic carbocycles. The first-order valence-electron chi connectivity index (χ1n) is 6.82. The van der Waals surface area contributed by atoms with Crippen LogP contribution in [-0.2, 0) is 11.2 Å². The Balaban J connectivity index is 1.92. The third-order valence-electron chi connectivity index (χ3n) is 3.68. The minimum Gasteiger partial charge on any atom is -0.326 e. The van der Waals surface area contributed by atoms with Crippen molar-refractivity contribution < 1.29 is 4.79 Å². The largest absolute Gasteiger partial charge is 0.326 e. The van der Waals surface area contributed by atoms with E-state index in [9.17, 15) is 4.79 Å². The van der Waals surface area contributed by atoms with E-state index < -0.39 is 0 Å². The number of anilines is 1. The van der Waals surface area contributed by atoms with Gasteiger partial charge in [-0.1, -0.05) is 12.1 Å². The fraction of sp³-hybridized carbons (Fsp3) is 0.250. The van der Waals surface area contributed by atoms with Gasteiger partial charge in [-0.2, -0.15) is 0 Å². The van der Waals surface area contributed by atoms with E-state index in [0.717, 1.165) is 35.2 Å². The number of hydrogen-bond donors (Lipinski definition) is 2. The van der Waals surface area contributed by atoms with Crippen LogP contribution in [0.3, 0.4) is 0 Å². The molecular weight excluding hydrogens is 250 g/mol. The van der Waals surface area contributed by atoms with Gasteiger partial charge in [0.1, 0.15) is 0 Å². The average Bonchev–Trinajstić information content (AvgIpc) is 2.67. The van der Waals surface area contributed by atoms with Gasteiger partial charge in [0.2, 0.25) is 5.91 Å². The molecular formula is C16H17N3O. The predicted molar refractivity (Wildman–Crippen MR) is 78.3 cm³/mol. The Morgan fingerprint density at radius 3 is 2.70 bits per heavy atom. The molecule has 1 aliphatic heterocycles. The molecule has 0 radical (unpaired) electrons. The van der Waals surface area contributed by atoms with Crippen molar-refractivity contribution >= 4 is 11.6 Å². The molecule has 0 aliphatic carbocycles. The van der Waals surface area contributed by atoms with Crippen LogP contribution in [0.4, 0.5) is 5.69 Å². The molecule has 0 fully saturated rings. The second-order valence-corrected chi connectivity index (χ2v) is 5.08. The van der Waals surface area contributed by atoms with E-state index in [1.165, 1.54) is 0 Å². The molecule has 1 unspecified atom stereocenters. The first kappa shape index (κ1) is 12.8. The summed E-state index contributed by atoms with van der Waals surface area (Å²) in [5.41, 5.74) is 10.5. The van der Waals surface area contributed by atoms with E-state index in [4.69, 9.17) is 5.73 Å². The lowest BCUT2D eigenvalue weighted by molar-refractivity contribution is -0.116. The third kappa shape index (κ3) is 2.56. The summed E-state index contributed by atoms with van der Waals surface area (Å²) >= 11 is 0. The van der Waals surface area contributed by atoms with E-state index in [1.54, 1.807) is 12.4 Å². The van der Waals surface area contributed by atoms with Crippen molar-refractivity contribution in [3.8, 4) is 0 Å². The molecule has 0 saturated carbocycles. The molecule has 3 N–H and O–H groups in total. The molecule has 1 atom stereocenters. The first-order valence-corrected chi connectivity index (χ1v) is 6.82. The Hall–Kier alpha value is -2.20. The summed E-state index contributed by atoms with van der Waals surface area (Å²) < 4.78 is 0. The highest BCUT2D eigenvalue weighted by molar-refractivity contribution is 5.92. The van der Waals surface area contributed by atoms with Crippen molar-refractivity contribution in [2.75, 3.05) is 5.32 Å². The molecule has 1 aliphatic rings. The first-order chi connectivity index (χ1) is 9.74. The second kappa shape index (κ2) is 5.43. The summed E-state index contributed by atoms with van der Waals surface area (Å²) in [6, 6.07) is 9.73. The zero-order valence-corrected chi connectivity index (χ0v) is 11.2. The Bertz CT molecular complexity index is 625. The summed E-state index contributed by atoms with van der Waals surface area (Å²) in [6.07, 6.45) is 5.87. The smallest absolute Gasteiger partial charge is 0.224 e. The van der Waals surface area contributed by atoms with E-state index in [-0.39, 0.29) is 11.9 Å². The molecule has 4 heteroatoms. The van der Waals surface area contributed by atoms with Crippen molar-refractivity contribution in [3.05, 3.63) is 59.4 Å². The number of amides is 1. The number of fused-ring (bicyclic) bond motifs is 1. The normalized spacial score (nSPS) is 15.9. The molecule has 3 rings (SSSR count). The van der Waals surface area contributed by atoms with Gasteiger partial charge in [-0.05, 0) is 47.7 Å². The lowest BCUT2D eigenvalue weighted by Gasteiger charge is -2.15. The zero-order valence-electron chi connectivity index (χ0n) is 11.2. The van der Waals surface area contributed by atoms with Crippen LogP contribution in [0, 0.1) is 0 Å². The summed E-state index contributed by atoms with van der Waals surface area (Å²) in [6.45, 7) is 0. The highest BCUT2D eigenvalue weighted by Crippen LogP contribution is 2.27. The number of rotatable bonds is 2. The lowest BCUT2D eigenvalue weighted by Crippen LogP contribution is -2.13. The second-order valence-electron chi connectivity index (χ2n) is 5.08. The van der Waals surface area contributed by atoms with Crippen LogP contribution in [-0.4, -0.2) is 10.9 Å². The summed E-state index contributed by atoms with van der Waals surface area (Å²) in [5.74, 6) is 0.0925. The number of pyridine rings is 1. The number of hydrogen-bond acceptors (Lipinski definition) is 3. The Morgan fingerprint density at radius 2 is 1.90 bits per heavy atom. The molecule has 1 aromatic heterocycles. The van der Waals surface area contributed by atoms with Gasteiger partial charge in [0.25, 0.3) is 0 Å². The fourth-order valence-corrected chi connectivity index (χ4v) is 2.55. The molecule has 0 bridgehead atoms. The molecule has 0 spiro atoms. The number of carbonyl (C=O) groups excluding carboxylic acids is 1. The highest BCUT2D eigenvalue weighted by Gasteiger charge is 2.15. The topological polar surface area (TPSA) is 68.0 Å². The molecule has 20 heavy (non-hydrogen) atoms. The zero-order chi connectivity index (χ0) is 13.9. The summed E-state index contributed by atoms with van der Waals surface area (Å²) in [7, 11) is 0. The molecule has 0 saturated heterocycles. The van der Waals surface area contributed by atoms with Gasteiger partial charge in [0.15, 0.2) is 0 Å². The van der Waals surface area contributed by atoms with Crippen LogP contribution in [0.15, 0.2) is 42.7 Å². The van der Waals surface area contributed by atoms with Crippen LogP contribution in [0.5, 0.6) is 0 Å². The fourth-order valence-electron chi connectivity index (χ4n) is 2.55. The predicted octanol–water partition coefficient (Wildman–Crippen LogP) is 2.40. The van der Waals surface area contributed by atoms with Gasteiger partial charge in [-0.3, -0.25) is 9.78 Å². The maximum absolute atomic E-state index is 11.5. The van der Waals surface area contributed by atoms with E-state index in [0.29, 0.717) is 6.42 Å². The van der Waals surface area contributed by atoms with Crippen molar-refractivity contribution in [2.24, 2.45) is 5.73 Å². The SMILES string of the molecule is NC(c1ccncc1)c1ccc2c(c1)CCCC(=O)N2. The number of nitrogens with one attached hydrogen (secondary N) is 1. The van der Waals surface area contributed by atoms with Crippen molar-refractivity contribution in [1.29, 1.82) is 0 Å². The third-order valence-corrected chi connectivity index (χ3v) is 3.68. The van der Waals surface area contributed by atoms with Gasteiger partial charge >= 0.3 is 0 Å². The van der Waals surface area contributed by atoms with E-state index in [1.807, 2.05) is 24.3 Å². The average molecular weight is 267 g/mol. The highest BCUT2D eigenvalue weighted by atomic mass is 16.1. The summed E-state index contributed by atoms with van der Waals surface area (Å²) in [5, 5.41) is 2.94. The van der Waals surface area contributed by atoms with Gasteiger partial charge in [0, 0.05) is 24.5 Å². The standard InChI is InChI=1S/C16H17N3O/c17-16(11-6-8-18-9-7-11)13-4-5-14-12(10-13)2-1-3-15(20)19-14/h4-10,16H,1-3,17H2,(H,19,20). The maximum atomic E-state index is 11.5. The van der Waals surface area contributed by atoms with Gasteiger partial charge in [-0.25, -0.2) is 0 Å². The van der Waals surface area contributed by atoms with Crippen LogP contribution < -0.4 is 11.1 Å². The molecule has 1 amide bonds. The monoisotopic (exact) mass is 267 g/mol. The van der Waals surface area contributed by atoms with Crippen LogP contribution in [0.25, 0.3) is 0 Å². The van der Waals surface area contributed by atoms with Gasteiger partial charge in [-0.15, -0.1) is 0 Å². The van der Waals surface area contributed by atoms with Crippen LogP contribution >= 0.6 is 0 Å². The Labute approximate surface area is 118 Å². The van der Waals surface area contributed by atoms with Gasteiger partial charge in [0.05, 0.1) is 6.04 Å². The minimum atomic E-state index is -0.165. The lowest BCUT2D eigenvalue weighted by atomic mass is 9.96. The number of nitrogens with two attached hydrogens (primary N) is 1. The van der Waals surface area contributed by atoms with Gasteiger partial charge < -0.3 is 11.1 Å². The molecule has 2 aromatic rings.